The van der Waals surface area contributed by atoms with Gasteiger partial charge in [-0.2, -0.15) is 0 Å². The normalized spacial score (nSPS) is 14.4. The van der Waals surface area contributed by atoms with Gasteiger partial charge >= 0.3 is 0 Å². The Kier molecular flexibility index (Phi) is 5.41. The Hall–Kier alpha value is -2.54. The van der Waals surface area contributed by atoms with Gasteiger partial charge in [0.15, 0.2) is 11.5 Å². The van der Waals surface area contributed by atoms with Crippen LogP contribution in [0.25, 0.3) is 0 Å². The summed E-state index contributed by atoms with van der Waals surface area (Å²) in [5, 5.41) is 2.81. The molecular weight excluding hydrogens is 366 g/mol. The van der Waals surface area contributed by atoms with Crippen molar-refractivity contribution in [1.29, 1.82) is 0 Å². The molecule has 2 aromatic carbocycles. The first-order valence-corrected chi connectivity index (χ1v) is 10.8. The number of hydrogen-bond acceptors (Lipinski definition) is 5. The van der Waals surface area contributed by atoms with Gasteiger partial charge in [0.25, 0.3) is 5.91 Å². The predicted molar refractivity (Wildman–Crippen MR) is 103 cm³/mol. The summed E-state index contributed by atoms with van der Waals surface area (Å²) >= 11 is 0. The van der Waals surface area contributed by atoms with E-state index in [0.29, 0.717) is 35.8 Å². The summed E-state index contributed by atoms with van der Waals surface area (Å²) in [6.45, 7) is 2.79. The van der Waals surface area contributed by atoms with Crippen molar-refractivity contribution in [2.45, 2.75) is 19.4 Å². The Balaban J connectivity index is 2.16. The van der Waals surface area contributed by atoms with Gasteiger partial charge < -0.3 is 14.8 Å². The number of methoxy groups -OCH3 is 1. The SMILES string of the molecule is CCOc1cc(C(CS(C)(=O)=O)c2cccc3c2C(=O)NC3)ccc1OC. The summed E-state index contributed by atoms with van der Waals surface area (Å²) in [5.74, 6) is 0.374. The first kappa shape index (κ1) is 19.2. The van der Waals surface area contributed by atoms with Crippen LogP contribution in [0.2, 0.25) is 0 Å². The van der Waals surface area contributed by atoms with Crippen molar-refractivity contribution in [3.8, 4) is 11.5 Å². The lowest BCUT2D eigenvalue weighted by Gasteiger charge is -2.21. The highest BCUT2D eigenvalue weighted by Gasteiger charge is 2.29. The van der Waals surface area contributed by atoms with E-state index >= 15 is 0 Å². The number of carbonyl (C=O) groups excluding carboxylic acids is 1. The molecule has 0 radical (unpaired) electrons. The molecule has 1 heterocycles. The van der Waals surface area contributed by atoms with E-state index in [9.17, 15) is 13.2 Å². The summed E-state index contributed by atoms with van der Waals surface area (Å²) < 4.78 is 35.3. The number of rotatable bonds is 7. The van der Waals surface area contributed by atoms with E-state index in [1.165, 1.54) is 6.26 Å². The standard InChI is InChI=1S/C20H23NO5S/c1-4-26-18-10-13(8-9-17(18)25-2)16(12-27(3,23)24)15-7-5-6-14-11-21-20(22)19(14)15/h5-10,16H,4,11-12H2,1-3H3,(H,21,22). The Labute approximate surface area is 159 Å². The van der Waals surface area contributed by atoms with E-state index in [2.05, 4.69) is 5.32 Å². The highest BCUT2D eigenvalue weighted by Crippen LogP contribution is 2.36. The molecule has 0 fully saturated rings. The molecule has 0 spiro atoms. The van der Waals surface area contributed by atoms with Crippen molar-refractivity contribution in [3.63, 3.8) is 0 Å². The Morgan fingerprint density at radius 3 is 2.63 bits per heavy atom. The lowest BCUT2D eigenvalue weighted by molar-refractivity contribution is 0.0964. The summed E-state index contributed by atoms with van der Waals surface area (Å²) in [7, 11) is -1.74. The zero-order chi connectivity index (χ0) is 19.6. The number of carbonyl (C=O) groups is 1. The molecule has 7 heteroatoms. The van der Waals surface area contributed by atoms with Crippen LogP contribution in [0.3, 0.4) is 0 Å². The number of hydrogen-bond donors (Lipinski definition) is 1. The molecule has 0 saturated heterocycles. The van der Waals surface area contributed by atoms with Gasteiger partial charge in [-0.05, 0) is 35.7 Å². The van der Waals surface area contributed by atoms with Crippen LogP contribution < -0.4 is 14.8 Å². The molecule has 1 atom stereocenters. The maximum absolute atomic E-state index is 12.4. The molecule has 0 aliphatic carbocycles. The second-order valence-corrected chi connectivity index (χ2v) is 8.74. The molecule has 3 rings (SSSR count). The van der Waals surface area contributed by atoms with E-state index in [-0.39, 0.29) is 11.7 Å². The van der Waals surface area contributed by atoms with Gasteiger partial charge in [0.1, 0.15) is 9.84 Å². The van der Waals surface area contributed by atoms with Gasteiger partial charge in [0, 0.05) is 24.3 Å². The molecule has 27 heavy (non-hydrogen) atoms. The largest absolute Gasteiger partial charge is 0.493 e. The van der Waals surface area contributed by atoms with Gasteiger partial charge in [-0.25, -0.2) is 8.42 Å². The first-order valence-electron chi connectivity index (χ1n) is 8.72. The van der Waals surface area contributed by atoms with Crippen molar-refractivity contribution < 1.29 is 22.7 Å². The highest BCUT2D eigenvalue weighted by atomic mass is 32.2. The minimum atomic E-state index is -3.30. The number of amides is 1. The number of benzene rings is 2. The summed E-state index contributed by atoms with van der Waals surface area (Å²) in [6.07, 6.45) is 1.20. The summed E-state index contributed by atoms with van der Waals surface area (Å²) in [4.78, 5) is 12.4. The number of ether oxygens (including phenoxy) is 2. The van der Waals surface area contributed by atoms with Gasteiger partial charge in [0.05, 0.1) is 19.5 Å². The highest BCUT2D eigenvalue weighted by molar-refractivity contribution is 7.90. The van der Waals surface area contributed by atoms with E-state index < -0.39 is 15.8 Å². The zero-order valence-corrected chi connectivity index (χ0v) is 16.4. The van der Waals surface area contributed by atoms with Crippen LogP contribution in [-0.4, -0.2) is 40.1 Å². The van der Waals surface area contributed by atoms with Crippen molar-refractivity contribution in [2.24, 2.45) is 0 Å². The fraction of sp³-hybridized carbons (Fsp3) is 0.350. The van der Waals surface area contributed by atoms with Crippen molar-refractivity contribution in [3.05, 3.63) is 58.7 Å². The smallest absolute Gasteiger partial charge is 0.252 e. The molecule has 0 aromatic heterocycles. The van der Waals surface area contributed by atoms with Gasteiger partial charge in [-0.3, -0.25) is 4.79 Å². The second-order valence-electron chi connectivity index (χ2n) is 6.55. The van der Waals surface area contributed by atoms with Crippen LogP contribution >= 0.6 is 0 Å². The van der Waals surface area contributed by atoms with Gasteiger partial charge in [-0.1, -0.05) is 24.3 Å². The number of fused-ring (bicyclic) bond motifs is 1. The maximum Gasteiger partial charge on any atom is 0.252 e. The lowest BCUT2D eigenvalue weighted by atomic mass is 9.88. The molecule has 1 aliphatic heterocycles. The second kappa shape index (κ2) is 7.60. The summed E-state index contributed by atoms with van der Waals surface area (Å²) in [5.41, 5.74) is 2.92. The molecular formula is C20H23NO5S. The molecule has 0 saturated carbocycles. The van der Waals surface area contributed by atoms with Crippen LogP contribution in [0.15, 0.2) is 36.4 Å². The maximum atomic E-state index is 12.4. The number of nitrogens with one attached hydrogen (secondary N) is 1. The third-order valence-electron chi connectivity index (χ3n) is 4.58. The fourth-order valence-electron chi connectivity index (χ4n) is 3.45. The van der Waals surface area contributed by atoms with E-state index in [0.717, 1.165) is 11.1 Å². The Morgan fingerprint density at radius 1 is 1.19 bits per heavy atom. The van der Waals surface area contributed by atoms with Crippen LogP contribution in [0.1, 0.15) is 39.9 Å². The van der Waals surface area contributed by atoms with Crippen LogP contribution in [0.4, 0.5) is 0 Å². The molecule has 0 bridgehead atoms. The van der Waals surface area contributed by atoms with Crippen LogP contribution in [0, 0.1) is 0 Å². The van der Waals surface area contributed by atoms with Gasteiger partial charge in [-0.15, -0.1) is 0 Å². The fourth-order valence-corrected chi connectivity index (χ4v) is 4.42. The molecule has 1 amide bonds. The van der Waals surface area contributed by atoms with Crippen LogP contribution in [0.5, 0.6) is 11.5 Å². The minimum Gasteiger partial charge on any atom is -0.493 e. The lowest BCUT2D eigenvalue weighted by Crippen LogP contribution is -2.19. The van der Waals surface area contributed by atoms with E-state index in [4.69, 9.17) is 9.47 Å². The predicted octanol–water partition coefficient (Wildman–Crippen LogP) is 2.51. The topological polar surface area (TPSA) is 81.7 Å². The molecule has 6 nitrogen and oxygen atoms in total. The quantitative estimate of drug-likeness (QED) is 0.787. The monoisotopic (exact) mass is 389 g/mol. The average Bonchev–Trinajstić information content (AvgIpc) is 3.01. The molecule has 1 aliphatic rings. The first-order chi connectivity index (χ1) is 12.8. The van der Waals surface area contributed by atoms with Crippen molar-refractivity contribution >= 4 is 15.7 Å². The number of sulfone groups is 1. The third-order valence-corrected chi connectivity index (χ3v) is 5.52. The molecule has 1 N–H and O–H groups in total. The van der Waals surface area contributed by atoms with Gasteiger partial charge in [0.2, 0.25) is 0 Å². The van der Waals surface area contributed by atoms with E-state index in [1.54, 1.807) is 19.2 Å². The van der Waals surface area contributed by atoms with Crippen LogP contribution in [-0.2, 0) is 16.4 Å². The molecule has 144 valence electrons. The van der Waals surface area contributed by atoms with Crippen molar-refractivity contribution in [1.82, 2.24) is 5.32 Å². The van der Waals surface area contributed by atoms with E-state index in [1.807, 2.05) is 31.2 Å². The third kappa shape index (κ3) is 4.08. The zero-order valence-electron chi connectivity index (χ0n) is 15.6. The summed E-state index contributed by atoms with van der Waals surface area (Å²) in [6, 6.07) is 10.9. The Bertz CT molecular complexity index is 968. The minimum absolute atomic E-state index is 0.103. The Morgan fingerprint density at radius 2 is 1.96 bits per heavy atom. The molecule has 2 aromatic rings. The van der Waals surface area contributed by atoms with Crippen molar-refractivity contribution in [2.75, 3.05) is 25.7 Å². The molecule has 1 unspecified atom stereocenters. The average molecular weight is 389 g/mol.